The number of carbonyl (C=O) groups excluding carboxylic acids is 1. The molecule has 2 N–H and O–H groups in total. The average molecular weight is 244 g/mol. The Kier molecular flexibility index (Phi) is 3.41. The van der Waals surface area contributed by atoms with Crippen LogP contribution in [0.3, 0.4) is 0 Å². The van der Waals surface area contributed by atoms with Crippen molar-refractivity contribution in [2.24, 2.45) is 0 Å². The molecule has 0 aliphatic carbocycles. The monoisotopic (exact) mass is 244 g/mol. The van der Waals surface area contributed by atoms with Crippen molar-refractivity contribution >= 4 is 11.9 Å². The maximum atomic E-state index is 11.8. The van der Waals surface area contributed by atoms with Gasteiger partial charge in [0.1, 0.15) is 5.82 Å². The van der Waals surface area contributed by atoms with Crippen molar-refractivity contribution in [1.82, 2.24) is 15.2 Å². The van der Waals surface area contributed by atoms with E-state index in [2.05, 4.69) is 27.4 Å². The Morgan fingerprint density at radius 3 is 2.67 bits per heavy atom. The molecule has 5 nitrogen and oxygen atoms in total. The third kappa shape index (κ3) is 2.94. The third-order valence-corrected chi connectivity index (χ3v) is 2.78. The van der Waals surface area contributed by atoms with E-state index in [-0.39, 0.29) is 5.91 Å². The number of carbonyl (C=O) groups is 1. The molecule has 0 atom stereocenters. The van der Waals surface area contributed by atoms with Crippen molar-refractivity contribution in [3.05, 3.63) is 40.7 Å². The molecular weight excluding hydrogens is 228 g/mol. The molecule has 1 amide bonds. The molecule has 0 saturated carbocycles. The van der Waals surface area contributed by atoms with Gasteiger partial charge in [-0.1, -0.05) is 18.2 Å². The molecule has 5 heteroatoms. The molecule has 0 saturated heterocycles. The fourth-order valence-electron chi connectivity index (χ4n) is 1.67. The predicted molar refractivity (Wildman–Crippen MR) is 69.4 cm³/mol. The highest BCUT2D eigenvalue weighted by molar-refractivity contribution is 5.90. The van der Waals surface area contributed by atoms with E-state index in [4.69, 9.17) is 0 Å². The summed E-state index contributed by atoms with van der Waals surface area (Å²) in [6, 6.07) is 6.01. The molecule has 1 aromatic heterocycles. The van der Waals surface area contributed by atoms with Gasteiger partial charge in [-0.15, -0.1) is 5.10 Å². The Balaban J connectivity index is 2.00. The number of rotatable bonds is 3. The molecular formula is C13H16N4O. The number of benzene rings is 1. The number of aromatic amines is 1. The summed E-state index contributed by atoms with van der Waals surface area (Å²) in [4.78, 5) is 15.8. The third-order valence-electron chi connectivity index (χ3n) is 2.78. The smallest absolute Gasteiger partial charge is 0.248 e. The topological polar surface area (TPSA) is 70.7 Å². The largest absolute Gasteiger partial charge is 0.293 e. The number of nitrogens with zero attached hydrogens (tertiary/aromatic N) is 2. The van der Waals surface area contributed by atoms with Crippen LogP contribution in [0.2, 0.25) is 0 Å². The summed E-state index contributed by atoms with van der Waals surface area (Å²) in [5, 5.41) is 9.19. The van der Waals surface area contributed by atoms with E-state index in [9.17, 15) is 4.79 Å². The summed E-state index contributed by atoms with van der Waals surface area (Å²) in [6.45, 7) is 5.87. The Morgan fingerprint density at radius 1 is 1.28 bits per heavy atom. The highest BCUT2D eigenvalue weighted by Crippen LogP contribution is 2.10. The lowest BCUT2D eigenvalue weighted by molar-refractivity contribution is -0.115. The molecule has 0 aliphatic heterocycles. The van der Waals surface area contributed by atoms with Gasteiger partial charge in [-0.2, -0.15) is 4.98 Å². The highest BCUT2D eigenvalue weighted by atomic mass is 16.1. The van der Waals surface area contributed by atoms with Crippen LogP contribution in [0.1, 0.15) is 22.5 Å². The molecule has 0 aliphatic rings. The summed E-state index contributed by atoms with van der Waals surface area (Å²) < 4.78 is 0. The molecule has 18 heavy (non-hydrogen) atoms. The average Bonchev–Trinajstić information content (AvgIpc) is 2.69. The number of amides is 1. The summed E-state index contributed by atoms with van der Waals surface area (Å²) in [7, 11) is 0. The summed E-state index contributed by atoms with van der Waals surface area (Å²) in [5.41, 5.74) is 3.40. The van der Waals surface area contributed by atoms with E-state index in [0.717, 1.165) is 5.56 Å². The van der Waals surface area contributed by atoms with Crippen molar-refractivity contribution in [3.8, 4) is 0 Å². The number of hydrogen-bond donors (Lipinski definition) is 2. The first kappa shape index (κ1) is 12.3. The van der Waals surface area contributed by atoms with Gasteiger partial charge in [0, 0.05) is 0 Å². The molecule has 0 unspecified atom stereocenters. The van der Waals surface area contributed by atoms with Gasteiger partial charge in [0.05, 0.1) is 6.42 Å². The second-order valence-electron chi connectivity index (χ2n) is 4.39. The van der Waals surface area contributed by atoms with Crippen molar-refractivity contribution in [1.29, 1.82) is 0 Å². The van der Waals surface area contributed by atoms with Gasteiger partial charge >= 0.3 is 0 Å². The van der Waals surface area contributed by atoms with Gasteiger partial charge in [-0.05, 0) is 37.5 Å². The van der Waals surface area contributed by atoms with Crippen LogP contribution in [0.4, 0.5) is 5.95 Å². The molecule has 2 rings (SSSR count). The molecule has 0 radical (unpaired) electrons. The summed E-state index contributed by atoms with van der Waals surface area (Å²) >= 11 is 0. The van der Waals surface area contributed by atoms with Gasteiger partial charge in [-0.25, -0.2) is 0 Å². The zero-order valence-corrected chi connectivity index (χ0v) is 10.7. The van der Waals surface area contributed by atoms with E-state index >= 15 is 0 Å². The number of hydrogen-bond acceptors (Lipinski definition) is 3. The minimum atomic E-state index is -0.114. The van der Waals surface area contributed by atoms with Gasteiger partial charge in [-0.3, -0.25) is 15.2 Å². The lowest BCUT2D eigenvalue weighted by Crippen LogP contribution is -2.15. The lowest BCUT2D eigenvalue weighted by Gasteiger charge is -2.04. The van der Waals surface area contributed by atoms with Gasteiger partial charge in [0.2, 0.25) is 11.9 Å². The highest BCUT2D eigenvalue weighted by Gasteiger charge is 2.07. The second-order valence-corrected chi connectivity index (χ2v) is 4.39. The van der Waals surface area contributed by atoms with E-state index in [0.29, 0.717) is 18.2 Å². The zero-order valence-electron chi connectivity index (χ0n) is 10.7. The first-order valence-corrected chi connectivity index (χ1v) is 5.79. The van der Waals surface area contributed by atoms with Crippen LogP contribution >= 0.6 is 0 Å². The maximum Gasteiger partial charge on any atom is 0.248 e. The van der Waals surface area contributed by atoms with Crippen LogP contribution in [0.25, 0.3) is 0 Å². The molecule has 2 aromatic rings. The van der Waals surface area contributed by atoms with E-state index in [1.165, 1.54) is 11.1 Å². The summed E-state index contributed by atoms with van der Waals surface area (Å²) in [6.07, 6.45) is 0.328. The van der Waals surface area contributed by atoms with Crippen LogP contribution in [-0.2, 0) is 11.2 Å². The Bertz CT molecular complexity index is 574. The van der Waals surface area contributed by atoms with Gasteiger partial charge in [0.25, 0.3) is 0 Å². The number of aromatic nitrogens is 3. The number of H-pyrrole nitrogens is 1. The first-order chi connectivity index (χ1) is 8.54. The van der Waals surface area contributed by atoms with E-state index < -0.39 is 0 Å². The van der Waals surface area contributed by atoms with Crippen molar-refractivity contribution < 1.29 is 4.79 Å². The van der Waals surface area contributed by atoms with Crippen molar-refractivity contribution in [2.75, 3.05) is 5.32 Å². The number of aryl methyl sites for hydroxylation is 3. The van der Waals surface area contributed by atoms with E-state index in [1.54, 1.807) is 6.92 Å². The minimum Gasteiger partial charge on any atom is -0.293 e. The molecule has 0 bridgehead atoms. The Hall–Kier alpha value is -2.17. The van der Waals surface area contributed by atoms with Crippen molar-refractivity contribution in [2.45, 2.75) is 27.2 Å². The molecule has 1 aromatic carbocycles. The predicted octanol–water partition coefficient (Wildman–Crippen LogP) is 1.91. The van der Waals surface area contributed by atoms with Crippen LogP contribution < -0.4 is 5.32 Å². The van der Waals surface area contributed by atoms with E-state index in [1.807, 2.05) is 25.1 Å². The Labute approximate surface area is 106 Å². The maximum absolute atomic E-state index is 11.8. The second kappa shape index (κ2) is 5.00. The number of anilines is 1. The zero-order chi connectivity index (χ0) is 13.1. The quantitative estimate of drug-likeness (QED) is 0.866. The van der Waals surface area contributed by atoms with Crippen LogP contribution in [-0.4, -0.2) is 21.1 Å². The van der Waals surface area contributed by atoms with Crippen LogP contribution in [0.15, 0.2) is 18.2 Å². The minimum absolute atomic E-state index is 0.114. The standard InChI is InChI=1S/C13H16N4O/c1-8-4-5-11(6-9(8)2)7-12(18)15-13-14-10(3)16-17-13/h4-6H,7H2,1-3H3,(H2,14,15,16,17,18). The van der Waals surface area contributed by atoms with Crippen molar-refractivity contribution in [3.63, 3.8) is 0 Å². The Morgan fingerprint density at radius 2 is 2.06 bits per heavy atom. The lowest BCUT2D eigenvalue weighted by atomic mass is 10.0. The fraction of sp³-hybridized carbons (Fsp3) is 0.308. The van der Waals surface area contributed by atoms with Crippen LogP contribution in [0.5, 0.6) is 0 Å². The molecule has 1 heterocycles. The van der Waals surface area contributed by atoms with Gasteiger partial charge < -0.3 is 0 Å². The summed E-state index contributed by atoms with van der Waals surface area (Å²) in [5.74, 6) is 0.884. The van der Waals surface area contributed by atoms with Crippen LogP contribution in [0, 0.1) is 20.8 Å². The molecule has 0 spiro atoms. The first-order valence-electron chi connectivity index (χ1n) is 5.79. The van der Waals surface area contributed by atoms with Gasteiger partial charge in [0.15, 0.2) is 0 Å². The SMILES string of the molecule is Cc1nc(NC(=O)Cc2ccc(C)c(C)c2)n[nH]1. The fourth-order valence-corrected chi connectivity index (χ4v) is 1.67. The normalized spacial score (nSPS) is 10.4. The number of nitrogens with one attached hydrogen (secondary N) is 2. The molecule has 94 valence electrons. The molecule has 0 fully saturated rings.